The van der Waals surface area contributed by atoms with Crippen LogP contribution >= 0.6 is 0 Å². The number of aromatic amines is 2. The number of hydrogen-bond donors (Lipinski definition) is 12. The summed E-state index contributed by atoms with van der Waals surface area (Å²) in [5.74, 6) is -8.28. The average Bonchev–Trinajstić information content (AvgIpc) is 4.04. The number of carbonyl (C=O) groups excluding carboxylic acids is 8. The molecule has 74 heavy (non-hydrogen) atoms. The number of methoxy groups -OCH3 is 1. The number of urea groups is 1. The van der Waals surface area contributed by atoms with Crippen molar-refractivity contribution in [1.29, 1.82) is 5.41 Å². The van der Waals surface area contributed by atoms with E-state index in [4.69, 9.17) is 25.8 Å². The minimum atomic E-state index is -1.70. The lowest BCUT2D eigenvalue weighted by atomic mass is 9.85. The maximum absolute atomic E-state index is 14.6. The Bertz CT molecular complexity index is 2940. The van der Waals surface area contributed by atoms with Crippen LogP contribution in [0.5, 0.6) is 0 Å². The van der Waals surface area contributed by atoms with Crippen molar-refractivity contribution in [3.8, 4) is 0 Å². The van der Waals surface area contributed by atoms with Crippen molar-refractivity contribution in [3.63, 3.8) is 0 Å². The number of carboxylic acids is 1. The van der Waals surface area contributed by atoms with Gasteiger partial charge in [0.1, 0.15) is 6.04 Å². The van der Waals surface area contributed by atoms with Gasteiger partial charge in [-0.3, -0.25) is 59.2 Å². The normalized spacial score (nSPS) is 21.4. The maximum atomic E-state index is 14.6. The number of esters is 1. The summed E-state index contributed by atoms with van der Waals surface area (Å²) in [6.45, 7) is 9.94. The molecule has 6 atom stereocenters. The Kier molecular flexibility index (Phi) is 18.0. The zero-order valence-corrected chi connectivity index (χ0v) is 42.5. The van der Waals surface area contributed by atoms with E-state index < -0.39 is 84.1 Å². The number of nitrogens with two attached hydrogens (primary N) is 1. The van der Waals surface area contributed by atoms with Crippen molar-refractivity contribution < 1.29 is 53.0 Å². The van der Waals surface area contributed by atoms with Gasteiger partial charge in [-0.2, -0.15) is 0 Å². The number of guanidine groups is 1. The van der Waals surface area contributed by atoms with E-state index in [9.17, 15) is 48.3 Å². The highest BCUT2D eigenvalue weighted by Gasteiger charge is 2.35. The molecule has 3 aromatic rings. The number of H-pyrrole nitrogens is 2. The number of aliphatic carboxylic acids is 1. The predicted octanol–water partition coefficient (Wildman–Crippen LogP) is 2.21. The lowest BCUT2D eigenvalue weighted by Gasteiger charge is -2.21. The van der Waals surface area contributed by atoms with Gasteiger partial charge in [-0.1, -0.05) is 20.8 Å². The molecule has 3 aromatic heterocycles. The van der Waals surface area contributed by atoms with Crippen molar-refractivity contribution in [2.45, 2.75) is 122 Å². The van der Waals surface area contributed by atoms with Gasteiger partial charge >= 0.3 is 18.0 Å². The third-order valence-electron chi connectivity index (χ3n) is 13.8. The van der Waals surface area contributed by atoms with Gasteiger partial charge in [0.05, 0.1) is 54.8 Å². The SMILES string of the molecule is CC[C@H]1c2cc3[nH]c4c(CC(=O)OC)c5nc(cc6[nH]c(cc(n2)C1C)c(C(C)=O)c6C)C(C)[C@@H]5CCC(=O)NN[C@@H](CCCNC(=N)N)C(=O)C(=O)CNC(=O)[C@H](CC(=O)O)NC(=O)NCCNC(=O)c4c3C. The van der Waals surface area contributed by atoms with Crippen LogP contribution < -0.4 is 43.2 Å². The monoisotopic (exact) mass is 1020 g/mol. The number of fused-ring (bicyclic) bond motifs is 6. The summed E-state index contributed by atoms with van der Waals surface area (Å²) in [6.07, 6.45) is -0.552. The second-order valence-electron chi connectivity index (χ2n) is 18.7. The summed E-state index contributed by atoms with van der Waals surface area (Å²) in [4.78, 5) is 137. The zero-order chi connectivity index (χ0) is 54.1. The number of ether oxygens (including phenoxy) is 1. The number of hydrogen-bond acceptors (Lipinski definition) is 14. The van der Waals surface area contributed by atoms with Crippen molar-refractivity contribution in [1.82, 2.24) is 57.4 Å². The van der Waals surface area contributed by atoms with E-state index in [-0.39, 0.29) is 92.0 Å². The molecule has 6 rings (SSSR count). The second-order valence-corrected chi connectivity index (χ2v) is 18.7. The summed E-state index contributed by atoms with van der Waals surface area (Å²) < 4.78 is 5.23. The van der Waals surface area contributed by atoms with Crippen LogP contribution in [0, 0.1) is 19.3 Å². The van der Waals surface area contributed by atoms with Crippen LogP contribution in [0.3, 0.4) is 0 Å². The molecule has 13 N–H and O–H groups in total. The molecule has 5 amide bonds. The standard InChI is InChI=1S/C50H65N13O11/c1-8-27-22(2)31-19-36-42(26(6)64)24(4)33(58-36)17-32-23(3)28-11-12-39(66)63-62-30(10-9-13-54-49(51)52)46(70)38(65)21-56-47(71)37(20-40(67)68)61-50(73)55-15-14-53-48(72)43-25(5)34(18-35(27)57-31)60-45(43)29(44(28)59-32)16-41(69)74-7/h17-19,22-23,27-28,30,37,58,60,62H,8-16,20-21H2,1-7H3,(H,53,72)(H,56,71)(H,63,66)(H,67,68)(H4,51,52,54)(H2,55,61,73)/t22?,23?,27-,28+,30+,37+/m1/s1. The molecule has 0 saturated carbocycles. The number of nitrogens with zero attached hydrogens (tertiary/aromatic N) is 2. The van der Waals surface area contributed by atoms with Crippen molar-refractivity contribution in [2.24, 2.45) is 5.73 Å². The highest BCUT2D eigenvalue weighted by Crippen LogP contribution is 2.44. The number of carbonyl (C=O) groups is 9. The molecular weight excluding hydrogens is 959 g/mol. The summed E-state index contributed by atoms with van der Waals surface area (Å²) >= 11 is 0. The molecule has 3 aliphatic rings. The molecule has 0 fully saturated rings. The largest absolute Gasteiger partial charge is 0.481 e. The summed E-state index contributed by atoms with van der Waals surface area (Å²) in [5, 5.41) is 29.4. The van der Waals surface area contributed by atoms with Gasteiger partial charge in [-0.05, 0) is 75.8 Å². The lowest BCUT2D eigenvalue weighted by Crippen LogP contribution is -2.54. The summed E-state index contributed by atoms with van der Waals surface area (Å²) in [7, 11) is 1.23. The third-order valence-corrected chi connectivity index (χ3v) is 13.8. The van der Waals surface area contributed by atoms with Crippen LogP contribution in [-0.2, 0) is 39.9 Å². The van der Waals surface area contributed by atoms with Gasteiger partial charge in [-0.25, -0.2) is 10.2 Å². The molecule has 0 aliphatic carbocycles. The smallest absolute Gasteiger partial charge is 0.315 e. The van der Waals surface area contributed by atoms with Gasteiger partial charge in [0.15, 0.2) is 11.7 Å². The molecular formula is C50H65N13O11. The summed E-state index contributed by atoms with van der Waals surface area (Å²) in [5.41, 5.74) is 16.9. The van der Waals surface area contributed by atoms with E-state index in [2.05, 4.69) is 54.3 Å². The van der Waals surface area contributed by atoms with Crippen LogP contribution in [0.4, 0.5) is 4.79 Å². The van der Waals surface area contributed by atoms with Gasteiger partial charge in [0.2, 0.25) is 23.4 Å². The Morgan fingerprint density at radius 2 is 1.57 bits per heavy atom. The molecule has 6 heterocycles. The van der Waals surface area contributed by atoms with Crippen LogP contribution in [0.2, 0.25) is 0 Å². The molecule has 0 radical (unpaired) electrons. The van der Waals surface area contributed by atoms with Crippen molar-refractivity contribution in [2.75, 3.05) is 33.3 Å². The Balaban J connectivity index is 1.57. The minimum absolute atomic E-state index is 0.0579. The Morgan fingerprint density at radius 3 is 2.24 bits per heavy atom. The number of Topliss-reactive ketones (excluding diaryl/α,β-unsaturated/α-hetero) is 3. The van der Waals surface area contributed by atoms with Crippen molar-refractivity contribution >= 4 is 81.1 Å². The van der Waals surface area contributed by atoms with E-state index in [0.717, 1.165) is 5.69 Å². The number of carboxylic acid groups (broad SMARTS) is 1. The third kappa shape index (κ3) is 12.8. The van der Waals surface area contributed by atoms with E-state index >= 15 is 0 Å². The van der Waals surface area contributed by atoms with Gasteiger partial charge in [0, 0.05) is 89.0 Å². The fraction of sp³-hybridized carbons (Fsp3) is 0.480. The average molecular weight is 1020 g/mol. The highest BCUT2D eigenvalue weighted by molar-refractivity contribution is 6.40. The molecule has 8 bridgehead atoms. The Hall–Kier alpha value is -8.02. The Morgan fingerprint density at radius 1 is 0.892 bits per heavy atom. The number of rotatable bonds is 10. The first-order valence-corrected chi connectivity index (χ1v) is 24.5. The van der Waals surface area contributed by atoms with Crippen LogP contribution in [0.1, 0.15) is 150 Å². The van der Waals surface area contributed by atoms with Crippen LogP contribution in [0.25, 0.3) is 22.1 Å². The first-order valence-electron chi connectivity index (χ1n) is 24.5. The number of aromatic nitrogens is 4. The first kappa shape index (κ1) is 55.3. The number of ketones is 3. The lowest BCUT2D eigenvalue weighted by molar-refractivity contribution is -0.140. The number of aryl methyl sites for hydroxylation is 2. The molecule has 24 heteroatoms. The molecule has 2 unspecified atom stereocenters. The quantitative estimate of drug-likeness (QED) is 0.0346. The fourth-order valence-corrected chi connectivity index (χ4v) is 9.77. The van der Waals surface area contributed by atoms with E-state index in [1.807, 2.05) is 39.0 Å². The summed E-state index contributed by atoms with van der Waals surface area (Å²) in [6, 6.07) is 1.55. The predicted molar refractivity (Wildman–Crippen MR) is 270 cm³/mol. The van der Waals surface area contributed by atoms with Crippen molar-refractivity contribution in [3.05, 3.63) is 68.8 Å². The van der Waals surface area contributed by atoms with Gasteiger partial charge in [-0.15, -0.1) is 0 Å². The van der Waals surface area contributed by atoms with E-state index in [1.54, 1.807) is 6.92 Å². The van der Waals surface area contributed by atoms with Crippen LogP contribution in [-0.4, -0.2) is 129 Å². The molecule has 0 spiro atoms. The molecule has 396 valence electrons. The number of amides is 5. The number of hydrazine groups is 1. The maximum Gasteiger partial charge on any atom is 0.315 e. The van der Waals surface area contributed by atoms with Gasteiger partial charge in [0.25, 0.3) is 5.91 Å². The number of nitrogens with one attached hydrogen (secondary N) is 10. The molecule has 3 aliphatic heterocycles. The van der Waals surface area contributed by atoms with E-state index in [0.29, 0.717) is 56.7 Å². The zero-order valence-electron chi connectivity index (χ0n) is 42.5. The molecule has 0 saturated heterocycles. The minimum Gasteiger partial charge on any atom is -0.481 e. The fourth-order valence-electron chi connectivity index (χ4n) is 9.77. The molecule has 24 nitrogen and oxygen atoms in total. The van der Waals surface area contributed by atoms with Crippen LogP contribution in [0.15, 0.2) is 18.2 Å². The topological polar surface area (TPSA) is 375 Å². The first-order chi connectivity index (χ1) is 35.1. The Labute approximate surface area is 425 Å². The van der Waals surface area contributed by atoms with E-state index in [1.165, 1.54) is 14.0 Å². The second kappa shape index (κ2) is 24.1. The van der Waals surface area contributed by atoms with Gasteiger partial charge < -0.3 is 52.1 Å². The highest BCUT2D eigenvalue weighted by atomic mass is 16.5. The molecule has 0 aromatic carbocycles.